The molecular formula is C30H31BrN6O5S. The molecule has 4 aromatic rings. The molecule has 1 unspecified atom stereocenters. The van der Waals surface area contributed by atoms with Crippen molar-refractivity contribution in [2.24, 2.45) is 5.92 Å². The number of esters is 1. The van der Waals surface area contributed by atoms with E-state index in [2.05, 4.69) is 30.5 Å². The lowest BCUT2D eigenvalue weighted by molar-refractivity contribution is -0.141. The number of nitrogens with two attached hydrogens (primary N) is 1. The number of piperidine rings is 1. The van der Waals surface area contributed by atoms with Crippen LogP contribution in [0, 0.1) is 12.8 Å². The van der Waals surface area contributed by atoms with Crippen molar-refractivity contribution in [1.82, 2.24) is 24.4 Å². The number of likely N-dealkylation sites (tertiary alicyclic amines) is 1. The van der Waals surface area contributed by atoms with Gasteiger partial charge in [-0.05, 0) is 79.2 Å². The van der Waals surface area contributed by atoms with Crippen LogP contribution in [0.1, 0.15) is 42.1 Å². The number of carbonyl (C=O) groups is 2. The number of nitrogens with zero attached hydrogens (tertiary/aromatic N) is 5. The van der Waals surface area contributed by atoms with Gasteiger partial charge >= 0.3 is 5.97 Å². The maximum atomic E-state index is 13.1. The van der Waals surface area contributed by atoms with E-state index in [1.165, 1.54) is 18.1 Å². The molecule has 4 heterocycles. The van der Waals surface area contributed by atoms with Crippen molar-refractivity contribution >= 4 is 56.6 Å². The topological polar surface area (TPSA) is 135 Å². The van der Waals surface area contributed by atoms with E-state index < -0.39 is 12.1 Å². The molecule has 2 aliphatic heterocycles. The number of amides is 1. The molecule has 1 fully saturated rings. The molecule has 0 saturated carbocycles. The zero-order chi connectivity index (χ0) is 30.1. The zero-order valence-corrected chi connectivity index (χ0v) is 26.2. The molecular weight excluding hydrogens is 636 g/mol. The molecule has 0 spiro atoms. The van der Waals surface area contributed by atoms with E-state index in [0.717, 1.165) is 39.4 Å². The number of hydrogen-bond donors (Lipinski definition) is 1. The van der Waals surface area contributed by atoms with Gasteiger partial charge in [0, 0.05) is 29.0 Å². The number of benzene rings is 2. The van der Waals surface area contributed by atoms with Gasteiger partial charge in [-0.15, -0.1) is 0 Å². The van der Waals surface area contributed by atoms with Gasteiger partial charge in [0.1, 0.15) is 6.33 Å². The summed E-state index contributed by atoms with van der Waals surface area (Å²) in [7, 11) is 0. The summed E-state index contributed by atoms with van der Waals surface area (Å²) in [5, 5.41) is 0.749. The van der Waals surface area contributed by atoms with Gasteiger partial charge in [0.25, 0.3) is 5.91 Å². The van der Waals surface area contributed by atoms with Crippen LogP contribution in [0.25, 0.3) is 11.2 Å². The maximum Gasteiger partial charge on any atom is 0.338 e. The lowest BCUT2D eigenvalue weighted by Crippen LogP contribution is -2.44. The summed E-state index contributed by atoms with van der Waals surface area (Å²) in [4.78, 5) is 41.7. The third-order valence-corrected chi connectivity index (χ3v) is 9.70. The number of carbonyl (C=O) groups excluding carboxylic acids is 2. The van der Waals surface area contributed by atoms with Gasteiger partial charge in [0.15, 0.2) is 39.7 Å². The standard InChI is InChI=1S/C30H31BrN6O5S/c1-17-4-3-5-20(12-17)29(39)42-18(2)28(38)36-9-6-19(7-10-36)8-11-37-27-25(26(32)33-15-34-27)35-30(37)43-24-14-23-22(13-21(24)31)40-16-41-23/h3-5,12-15,18-19H,6-11,16H2,1-2H3,(H2,32,33,34). The summed E-state index contributed by atoms with van der Waals surface area (Å²) < 4.78 is 19.5. The van der Waals surface area contributed by atoms with E-state index >= 15 is 0 Å². The molecule has 1 saturated heterocycles. The second-order valence-corrected chi connectivity index (χ2v) is 12.6. The average molecular weight is 668 g/mol. The molecule has 2 aliphatic rings. The third-order valence-electron chi connectivity index (χ3n) is 7.73. The Bertz CT molecular complexity index is 1690. The molecule has 6 rings (SSSR count). The van der Waals surface area contributed by atoms with Gasteiger partial charge in [-0.1, -0.05) is 29.5 Å². The minimum absolute atomic E-state index is 0.166. The molecule has 224 valence electrons. The van der Waals surface area contributed by atoms with Crippen LogP contribution in [-0.2, 0) is 16.1 Å². The number of anilines is 1. The monoisotopic (exact) mass is 666 g/mol. The van der Waals surface area contributed by atoms with Crippen molar-refractivity contribution in [3.8, 4) is 11.5 Å². The van der Waals surface area contributed by atoms with Gasteiger partial charge in [-0.2, -0.15) is 0 Å². The number of aryl methyl sites for hydroxylation is 2. The Morgan fingerprint density at radius 3 is 2.70 bits per heavy atom. The molecule has 43 heavy (non-hydrogen) atoms. The predicted molar refractivity (Wildman–Crippen MR) is 164 cm³/mol. The van der Waals surface area contributed by atoms with Crippen LogP contribution in [0.5, 0.6) is 11.5 Å². The fourth-order valence-electron chi connectivity index (χ4n) is 5.35. The van der Waals surface area contributed by atoms with Crippen molar-refractivity contribution < 1.29 is 23.8 Å². The summed E-state index contributed by atoms with van der Waals surface area (Å²) in [6.45, 7) is 5.65. The molecule has 0 radical (unpaired) electrons. The molecule has 0 aliphatic carbocycles. The summed E-state index contributed by atoms with van der Waals surface area (Å²) in [5.41, 5.74) is 8.82. The number of nitrogen functional groups attached to an aromatic ring is 1. The Morgan fingerprint density at radius 1 is 1.16 bits per heavy atom. The molecule has 1 amide bonds. The molecule has 2 N–H and O–H groups in total. The van der Waals surface area contributed by atoms with Crippen molar-refractivity contribution in [1.29, 1.82) is 0 Å². The molecule has 13 heteroatoms. The van der Waals surface area contributed by atoms with Crippen LogP contribution in [0.2, 0.25) is 0 Å². The van der Waals surface area contributed by atoms with Crippen molar-refractivity contribution in [3.05, 3.63) is 58.3 Å². The highest BCUT2D eigenvalue weighted by Gasteiger charge is 2.29. The summed E-state index contributed by atoms with van der Waals surface area (Å²) >= 11 is 5.13. The van der Waals surface area contributed by atoms with Crippen molar-refractivity contribution in [2.75, 3.05) is 25.6 Å². The largest absolute Gasteiger partial charge is 0.454 e. The SMILES string of the molecule is Cc1cccc(C(=O)OC(C)C(=O)N2CCC(CCn3c(Sc4cc5c(cc4Br)OCO5)nc4c(N)ncnc43)CC2)c1. The Morgan fingerprint density at radius 2 is 1.93 bits per heavy atom. The van der Waals surface area contributed by atoms with Gasteiger partial charge < -0.3 is 29.4 Å². The summed E-state index contributed by atoms with van der Waals surface area (Å²) in [6, 6.07) is 11.0. The van der Waals surface area contributed by atoms with Crippen molar-refractivity contribution in [3.63, 3.8) is 0 Å². The highest BCUT2D eigenvalue weighted by molar-refractivity contribution is 9.10. The predicted octanol–water partition coefficient (Wildman–Crippen LogP) is 5.23. The Labute approximate surface area is 261 Å². The fourth-order valence-corrected chi connectivity index (χ4v) is 6.86. The Balaban J connectivity index is 1.09. The number of imidazole rings is 1. The number of hydrogen-bond acceptors (Lipinski definition) is 10. The van der Waals surface area contributed by atoms with E-state index in [4.69, 9.17) is 24.9 Å². The fraction of sp³-hybridized carbons (Fsp3) is 0.367. The third kappa shape index (κ3) is 6.28. The first-order valence-electron chi connectivity index (χ1n) is 14.1. The van der Waals surface area contributed by atoms with Gasteiger partial charge in [0.2, 0.25) is 6.79 Å². The van der Waals surface area contributed by atoms with Crippen LogP contribution >= 0.6 is 27.7 Å². The van der Waals surface area contributed by atoms with Gasteiger partial charge in [-0.25, -0.2) is 19.7 Å². The number of halogens is 1. The first kappa shape index (κ1) is 29.2. The summed E-state index contributed by atoms with van der Waals surface area (Å²) in [5.74, 6) is 1.47. The number of aromatic nitrogens is 4. The molecule has 2 aromatic carbocycles. The van der Waals surface area contributed by atoms with E-state index in [1.54, 1.807) is 30.0 Å². The number of rotatable bonds is 8. The highest BCUT2D eigenvalue weighted by atomic mass is 79.9. The van der Waals surface area contributed by atoms with Crippen LogP contribution in [0.15, 0.2) is 57.3 Å². The van der Waals surface area contributed by atoms with E-state index in [1.807, 2.05) is 25.1 Å². The maximum absolute atomic E-state index is 13.1. The van der Waals surface area contributed by atoms with Crippen molar-refractivity contribution in [2.45, 2.75) is 55.8 Å². The van der Waals surface area contributed by atoms with Crippen LogP contribution < -0.4 is 15.2 Å². The zero-order valence-electron chi connectivity index (χ0n) is 23.8. The second-order valence-electron chi connectivity index (χ2n) is 10.7. The van der Waals surface area contributed by atoms with Gasteiger partial charge in [0.05, 0.1) is 5.56 Å². The van der Waals surface area contributed by atoms with Crippen LogP contribution in [0.4, 0.5) is 5.82 Å². The number of fused-ring (bicyclic) bond motifs is 2. The average Bonchev–Trinajstić information content (AvgIpc) is 3.60. The first-order valence-corrected chi connectivity index (χ1v) is 15.7. The summed E-state index contributed by atoms with van der Waals surface area (Å²) in [6.07, 6.45) is 3.19. The molecule has 0 bridgehead atoms. The van der Waals surface area contributed by atoms with E-state index in [0.29, 0.717) is 59.6 Å². The van der Waals surface area contributed by atoms with E-state index in [9.17, 15) is 9.59 Å². The highest BCUT2D eigenvalue weighted by Crippen LogP contribution is 2.43. The lowest BCUT2D eigenvalue weighted by atomic mass is 9.93. The molecule has 1 atom stereocenters. The first-order chi connectivity index (χ1) is 20.8. The van der Waals surface area contributed by atoms with E-state index in [-0.39, 0.29) is 12.7 Å². The normalized spacial score (nSPS) is 15.6. The lowest BCUT2D eigenvalue weighted by Gasteiger charge is -2.33. The van der Waals surface area contributed by atoms with Gasteiger partial charge in [-0.3, -0.25) is 4.79 Å². The Hall–Kier alpha value is -3.84. The Kier molecular flexibility index (Phi) is 8.44. The smallest absolute Gasteiger partial charge is 0.338 e. The van der Waals surface area contributed by atoms with Crippen LogP contribution in [0.3, 0.4) is 0 Å². The molecule has 11 nitrogen and oxygen atoms in total. The number of ether oxygens (including phenoxy) is 3. The minimum atomic E-state index is -0.845. The second kappa shape index (κ2) is 12.4. The van der Waals surface area contributed by atoms with Crippen LogP contribution in [-0.4, -0.2) is 62.3 Å². The minimum Gasteiger partial charge on any atom is -0.454 e. The molecule has 2 aromatic heterocycles. The quantitative estimate of drug-likeness (QED) is 0.249.